The quantitative estimate of drug-likeness (QED) is 0.519. The number of rotatable bonds is 7. The van der Waals surface area contributed by atoms with E-state index in [0.717, 1.165) is 44.0 Å². The Morgan fingerprint density at radius 3 is 2.79 bits per heavy atom. The molecule has 0 saturated carbocycles. The Morgan fingerprint density at radius 1 is 1.11 bits per heavy atom. The van der Waals surface area contributed by atoms with E-state index < -0.39 is 5.92 Å². The van der Waals surface area contributed by atoms with Gasteiger partial charge in [-0.1, -0.05) is 36.4 Å². The van der Waals surface area contributed by atoms with Crippen LogP contribution in [0, 0.1) is 5.92 Å². The molecule has 10 heteroatoms. The summed E-state index contributed by atoms with van der Waals surface area (Å²) >= 11 is 0. The van der Waals surface area contributed by atoms with Gasteiger partial charge in [-0.25, -0.2) is 4.52 Å². The Labute approximate surface area is 218 Å². The van der Waals surface area contributed by atoms with Crippen LogP contribution < -0.4 is 10.1 Å². The number of carbonyl (C=O) groups is 2. The molecule has 1 saturated heterocycles. The molecule has 10 nitrogen and oxygen atoms in total. The molecule has 2 amide bonds. The number of nitrogens with zero attached hydrogens (tertiary/aromatic N) is 5. The first-order chi connectivity index (χ1) is 18.7. The standard InChI is InChI=1S/C28H26N6O4/c35-27(24-18-29-34-10-9-21(17-25(24)34)38-16-13-33-11-14-37-15-12-33)30-20-7-5-19(6-8-20)26-22-3-1-2-4-23(22)28(36)32-31-26/h1-10,17-18,23H,11-16H2,(H,30,35). The third-order valence-electron chi connectivity index (χ3n) is 6.75. The van der Waals surface area contributed by atoms with E-state index in [1.54, 1.807) is 29.0 Å². The molecule has 3 aliphatic rings. The van der Waals surface area contributed by atoms with Crippen LogP contribution in [0.25, 0.3) is 11.2 Å². The maximum Gasteiger partial charge on any atom is 0.276 e. The van der Waals surface area contributed by atoms with Gasteiger partial charge in [0.05, 0.1) is 42.1 Å². The van der Waals surface area contributed by atoms with Gasteiger partial charge in [0.15, 0.2) is 0 Å². The highest BCUT2D eigenvalue weighted by molar-refractivity contribution is 6.09. The number of allylic oxidation sites excluding steroid dienone is 3. The molecular weight excluding hydrogens is 484 g/mol. The summed E-state index contributed by atoms with van der Waals surface area (Å²) in [5.41, 5.74) is 4.01. The summed E-state index contributed by atoms with van der Waals surface area (Å²) < 4.78 is 13.0. The van der Waals surface area contributed by atoms with Crippen LogP contribution >= 0.6 is 0 Å². The van der Waals surface area contributed by atoms with E-state index in [4.69, 9.17) is 9.47 Å². The molecule has 1 aliphatic carbocycles. The van der Waals surface area contributed by atoms with Gasteiger partial charge in [-0.15, -0.1) is 10.2 Å². The number of nitrogens with one attached hydrogen (secondary N) is 1. The number of morpholine rings is 1. The number of fused-ring (bicyclic) bond motifs is 2. The second kappa shape index (κ2) is 10.5. The van der Waals surface area contributed by atoms with Crippen molar-refractivity contribution in [3.05, 3.63) is 89.8 Å². The molecule has 1 atom stereocenters. The van der Waals surface area contributed by atoms with E-state index in [1.165, 1.54) is 0 Å². The highest BCUT2D eigenvalue weighted by atomic mass is 16.5. The monoisotopic (exact) mass is 510 g/mol. The number of anilines is 1. The van der Waals surface area contributed by atoms with E-state index in [1.807, 2.05) is 48.6 Å². The zero-order valence-electron chi connectivity index (χ0n) is 20.6. The minimum absolute atomic E-state index is 0.271. The molecule has 0 bridgehead atoms. The number of benzene rings is 1. The smallest absolute Gasteiger partial charge is 0.276 e. The molecule has 192 valence electrons. The van der Waals surface area contributed by atoms with Crippen molar-refractivity contribution in [3.8, 4) is 5.75 Å². The Hall–Kier alpha value is -4.41. The Morgan fingerprint density at radius 2 is 1.95 bits per heavy atom. The normalized spacial score (nSPS) is 19.2. The second-order valence-electron chi connectivity index (χ2n) is 9.15. The van der Waals surface area contributed by atoms with E-state index in [2.05, 4.69) is 25.5 Å². The summed E-state index contributed by atoms with van der Waals surface area (Å²) in [4.78, 5) is 27.5. The van der Waals surface area contributed by atoms with Gasteiger partial charge in [0.2, 0.25) is 0 Å². The van der Waals surface area contributed by atoms with Gasteiger partial charge in [-0.05, 0) is 23.8 Å². The lowest BCUT2D eigenvalue weighted by atomic mass is 9.89. The van der Waals surface area contributed by atoms with Gasteiger partial charge in [-0.2, -0.15) is 5.10 Å². The Bertz CT molecular complexity index is 1500. The second-order valence-corrected chi connectivity index (χ2v) is 9.15. The fourth-order valence-electron chi connectivity index (χ4n) is 4.68. The van der Waals surface area contributed by atoms with Gasteiger partial charge >= 0.3 is 0 Å². The van der Waals surface area contributed by atoms with Gasteiger partial charge in [0.25, 0.3) is 11.8 Å². The van der Waals surface area contributed by atoms with Gasteiger partial charge in [0, 0.05) is 43.1 Å². The van der Waals surface area contributed by atoms with E-state index in [0.29, 0.717) is 34.8 Å². The average Bonchev–Trinajstić information content (AvgIpc) is 3.38. The van der Waals surface area contributed by atoms with Crippen LogP contribution in [-0.4, -0.2) is 65.8 Å². The van der Waals surface area contributed by atoms with Crippen molar-refractivity contribution >= 4 is 28.7 Å². The third kappa shape index (κ3) is 4.91. The number of amides is 2. The maximum absolute atomic E-state index is 13.1. The molecule has 1 fully saturated rings. The third-order valence-corrected chi connectivity index (χ3v) is 6.75. The summed E-state index contributed by atoms with van der Waals surface area (Å²) in [6, 6.07) is 11.0. The average molecular weight is 511 g/mol. The molecule has 1 N–H and O–H groups in total. The minimum Gasteiger partial charge on any atom is -0.492 e. The van der Waals surface area contributed by atoms with Crippen molar-refractivity contribution in [2.75, 3.05) is 44.8 Å². The maximum atomic E-state index is 13.1. The first kappa shape index (κ1) is 24.0. The fraction of sp³-hybridized carbons (Fsp3) is 0.250. The number of pyridine rings is 1. The molecule has 2 aromatic heterocycles. The molecule has 4 heterocycles. The Balaban J connectivity index is 1.14. The zero-order chi connectivity index (χ0) is 25.9. The summed E-state index contributed by atoms with van der Waals surface area (Å²) in [6.45, 7) is 4.70. The summed E-state index contributed by atoms with van der Waals surface area (Å²) in [7, 11) is 0. The van der Waals surface area contributed by atoms with Crippen molar-refractivity contribution in [2.45, 2.75) is 0 Å². The van der Waals surface area contributed by atoms with Crippen molar-refractivity contribution < 1.29 is 19.1 Å². The molecule has 1 unspecified atom stereocenters. The SMILES string of the molecule is O=C(Nc1ccc(C2=C3C=CC=CC3C(=O)N=N2)cc1)c1cnn2ccc(OCCN3CCOCC3)cc12. The van der Waals surface area contributed by atoms with E-state index in [-0.39, 0.29) is 11.8 Å². The number of hydrogen-bond donors (Lipinski definition) is 1. The largest absolute Gasteiger partial charge is 0.492 e. The van der Waals surface area contributed by atoms with Crippen LogP contribution in [-0.2, 0) is 9.53 Å². The van der Waals surface area contributed by atoms with Gasteiger partial charge in [0.1, 0.15) is 12.4 Å². The first-order valence-corrected chi connectivity index (χ1v) is 12.5. The van der Waals surface area contributed by atoms with Crippen LogP contribution in [0.5, 0.6) is 5.75 Å². The summed E-state index contributed by atoms with van der Waals surface area (Å²) in [6.07, 6.45) is 10.8. The number of carbonyl (C=O) groups excluding carboxylic acids is 2. The van der Waals surface area contributed by atoms with Crippen molar-refractivity contribution in [1.82, 2.24) is 14.5 Å². The molecule has 38 heavy (non-hydrogen) atoms. The number of ether oxygens (including phenoxy) is 2. The highest BCUT2D eigenvalue weighted by Crippen LogP contribution is 2.34. The molecular formula is C28H26N6O4. The zero-order valence-corrected chi connectivity index (χ0v) is 20.6. The van der Waals surface area contributed by atoms with E-state index in [9.17, 15) is 9.59 Å². The summed E-state index contributed by atoms with van der Waals surface area (Å²) in [5, 5.41) is 15.2. The molecule has 1 aromatic carbocycles. The molecule has 0 spiro atoms. The lowest BCUT2D eigenvalue weighted by Crippen LogP contribution is -2.38. The summed E-state index contributed by atoms with van der Waals surface area (Å²) in [5.74, 6) is -0.268. The van der Waals surface area contributed by atoms with Crippen LogP contribution in [0.3, 0.4) is 0 Å². The molecule has 3 aromatic rings. The number of hydrogen-bond acceptors (Lipinski definition) is 7. The predicted octanol–water partition coefficient (Wildman–Crippen LogP) is 3.74. The fourth-order valence-corrected chi connectivity index (χ4v) is 4.68. The van der Waals surface area contributed by atoms with Crippen molar-refractivity contribution in [3.63, 3.8) is 0 Å². The van der Waals surface area contributed by atoms with Gasteiger partial charge < -0.3 is 14.8 Å². The molecule has 6 rings (SSSR count). The lowest BCUT2D eigenvalue weighted by molar-refractivity contribution is -0.119. The number of azo groups is 1. The van der Waals surface area contributed by atoms with Crippen molar-refractivity contribution in [2.24, 2.45) is 16.1 Å². The van der Waals surface area contributed by atoms with Crippen molar-refractivity contribution in [1.29, 1.82) is 0 Å². The topological polar surface area (TPSA) is 110 Å². The molecule has 2 aliphatic heterocycles. The lowest BCUT2D eigenvalue weighted by Gasteiger charge is -2.26. The molecule has 0 radical (unpaired) electrons. The van der Waals surface area contributed by atoms with Crippen LogP contribution in [0.1, 0.15) is 15.9 Å². The number of aromatic nitrogens is 2. The highest BCUT2D eigenvalue weighted by Gasteiger charge is 2.27. The minimum atomic E-state index is -0.407. The van der Waals surface area contributed by atoms with Crippen LogP contribution in [0.4, 0.5) is 5.69 Å². The van der Waals surface area contributed by atoms with Crippen LogP contribution in [0.2, 0.25) is 0 Å². The van der Waals surface area contributed by atoms with Gasteiger partial charge in [-0.3, -0.25) is 14.5 Å². The Kier molecular flexibility index (Phi) is 6.63. The van der Waals surface area contributed by atoms with E-state index >= 15 is 0 Å². The predicted molar refractivity (Wildman–Crippen MR) is 141 cm³/mol. The first-order valence-electron chi connectivity index (χ1n) is 12.5. The van der Waals surface area contributed by atoms with Crippen LogP contribution in [0.15, 0.2) is 88.9 Å².